The Bertz CT molecular complexity index is 795. The molecule has 0 aliphatic heterocycles. The zero-order valence-corrected chi connectivity index (χ0v) is 13.1. The van der Waals surface area contributed by atoms with Gasteiger partial charge in [0.25, 0.3) is 0 Å². The molecule has 0 saturated carbocycles. The largest absolute Gasteiger partial charge is 0.495 e. The van der Waals surface area contributed by atoms with Gasteiger partial charge in [0, 0.05) is 36.2 Å². The van der Waals surface area contributed by atoms with E-state index in [9.17, 15) is 0 Å². The van der Waals surface area contributed by atoms with Crippen molar-refractivity contribution in [1.82, 2.24) is 4.57 Å². The molecule has 0 N–H and O–H groups in total. The molecule has 0 aliphatic rings. The second-order valence-corrected chi connectivity index (χ2v) is 5.45. The number of para-hydroxylation sites is 1. The Labute approximate surface area is 129 Å². The van der Waals surface area contributed by atoms with E-state index in [1.54, 1.807) is 7.11 Å². The number of fused-ring (bicyclic) bond motifs is 1. The molecule has 3 rings (SSSR count). The second-order valence-electron chi connectivity index (χ2n) is 5.02. The summed E-state index contributed by atoms with van der Waals surface area (Å²) >= 11 is 6.14. The summed E-state index contributed by atoms with van der Waals surface area (Å²) in [7, 11) is 5.74. The molecule has 1 aromatic heterocycles. The minimum atomic E-state index is 0.692. The molecule has 0 atom stereocenters. The second kappa shape index (κ2) is 5.34. The van der Waals surface area contributed by atoms with E-state index >= 15 is 0 Å². The van der Waals surface area contributed by atoms with E-state index in [2.05, 4.69) is 40.9 Å². The molecule has 0 unspecified atom stereocenters. The number of hydrogen-bond donors (Lipinski definition) is 0. The lowest BCUT2D eigenvalue weighted by atomic mass is 10.2. The molecular formula is C17H17ClN2O. The fourth-order valence-corrected chi connectivity index (χ4v) is 2.81. The number of anilines is 2. The lowest BCUT2D eigenvalue weighted by molar-refractivity contribution is 0.415. The van der Waals surface area contributed by atoms with E-state index in [-0.39, 0.29) is 0 Å². The molecule has 0 fully saturated rings. The lowest BCUT2D eigenvalue weighted by Crippen LogP contribution is -2.10. The maximum atomic E-state index is 6.14. The van der Waals surface area contributed by atoms with Gasteiger partial charge in [0.05, 0.1) is 18.5 Å². The summed E-state index contributed by atoms with van der Waals surface area (Å²) in [6, 6.07) is 14.0. The zero-order chi connectivity index (χ0) is 15.0. The van der Waals surface area contributed by atoms with Crippen molar-refractivity contribution >= 4 is 33.9 Å². The van der Waals surface area contributed by atoms with Crippen molar-refractivity contribution < 1.29 is 4.74 Å². The summed E-state index contributed by atoms with van der Waals surface area (Å²) in [5.41, 5.74) is 3.26. The topological polar surface area (TPSA) is 17.4 Å². The van der Waals surface area contributed by atoms with Gasteiger partial charge in [0.1, 0.15) is 5.75 Å². The van der Waals surface area contributed by atoms with Crippen LogP contribution in [-0.4, -0.2) is 18.7 Å². The fraction of sp³-hybridized carbons (Fsp3) is 0.176. The van der Waals surface area contributed by atoms with Crippen LogP contribution in [0.5, 0.6) is 5.75 Å². The first-order chi connectivity index (χ1) is 10.1. The maximum Gasteiger partial charge on any atom is 0.142 e. The van der Waals surface area contributed by atoms with Crippen LogP contribution in [0.2, 0.25) is 5.02 Å². The number of methoxy groups -OCH3 is 1. The van der Waals surface area contributed by atoms with Crippen molar-refractivity contribution in [3.8, 4) is 5.75 Å². The van der Waals surface area contributed by atoms with Crippen molar-refractivity contribution in [2.45, 2.75) is 0 Å². The van der Waals surface area contributed by atoms with Gasteiger partial charge in [-0.3, -0.25) is 0 Å². The summed E-state index contributed by atoms with van der Waals surface area (Å²) in [6.45, 7) is 0. The molecule has 0 radical (unpaired) electrons. The summed E-state index contributed by atoms with van der Waals surface area (Å²) in [6.07, 6.45) is 2.12. The van der Waals surface area contributed by atoms with Gasteiger partial charge in [0.2, 0.25) is 0 Å². The van der Waals surface area contributed by atoms with Crippen LogP contribution >= 0.6 is 11.6 Å². The van der Waals surface area contributed by atoms with E-state index in [0.717, 1.165) is 17.1 Å². The van der Waals surface area contributed by atoms with Gasteiger partial charge in [-0.05, 0) is 24.3 Å². The first-order valence-electron chi connectivity index (χ1n) is 6.73. The highest BCUT2D eigenvalue weighted by molar-refractivity contribution is 6.31. The van der Waals surface area contributed by atoms with Crippen LogP contribution in [0.1, 0.15) is 0 Å². The standard InChI is InChI=1S/C17H17ClN2O/c1-19-11-16(13-6-4-5-7-14(13)19)20(2)15-10-12(18)8-9-17(15)21-3/h4-11H,1-3H3. The third kappa shape index (κ3) is 2.34. The van der Waals surface area contributed by atoms with Crippen LogP contribution in [0.4, 0.5) is 11.4 Å². The normalized spacial score (nSPS) is 10.9. The minimum absolute atomic E-state index is 0.692. The van der Waals surface area contributed by atoms with Gasteiger partial charge in [-0.15, -0.1) is 0 Å². The molecule has 0 bridgehead atoms. The summed E-state index contributed by atoms with van der Waals surface area (Å²) in [5, 5.41) is 1.89. The van der Waals surface area contributed by atoms with Gasteiger partial charge in [-0.2, -0.15) is 0 Å². The maximum absolute atomic E-state index is 6.14. The van der Waals surface area contributed by atoms with E-state index in [0.29, 0.717) is 5.02 Å². The van der Waals surface area contributed by atoms with Crippen molar-refractivity contribution in [3.05, 3.63) is 53.7 Å². The Hall–Kier alpha value is -2.13. The predicted octanol–water partition coefficient (Wildman–Crippen LogP) is 4.61. The van der Waals surface area contributed by atoms with Crippen LogP contribution in [0.3, 0.4) is 0 Å². The molecule has 2 aromatic carbocycles. The number of aryl methyl sites for hydroxylation is 1. The minimum Gasteiger partial charge on any atom is -0.495 e. The third-order valence-corrected chi connectivity index (χ3v) is 3.97. The van der Waals surface area contributed by atoms with E-state index in [1.807, 2.05) is 31.3 Å². The molecule has 0 aliphatic carbocycles. The SMILES string of the molecule is COc1ccc(Cl)cc1N(C)c1cn(C)c2ccccc12. The summed E-state index contributed by atoms with van der Waals surface area (Å²) in [4.78, 5) is 2.10. The Morgan fingerprint density at radius 1 is 1.10 bits per heavy atom. The quantitative estimate of drug-likeness (QED) is 0.703. The Kier molecular flexibility index (Phi) is 3.52. The average molecular weight is 301 g/mol. The molecule has 1 heterocycles. The molecule has 0 spiro atoms. The Morgan fingerprint density at radius 3 is 2.62 bits per heavy atom. The Morgan fingerprint density at radius 2 is 1.86 bits per heavy atom. The molecule has 3 aromatic rings. The van der Waals surface area contributed by atoms with Gasteiger partial charge >= 0.3 is 0 Å². The van der Waals surface area contributed by atoms with E-state index < -0.39 is 0 Å². The molecule has 0 amide bonds. The number of halogens is 1. The monoisotopic (exact) mass is 300 g/mol. The third-order valence-electron chi connectivity index (χ3n) is 3.74. The van der Waals surface area contributed by atoms with Gasteiger partial charge < -0.3 is 14.2 Å². The van der Waals surface area contributed by atoms with Crippen molar-refractivity contribution in [3.63, 3.8) is 0 Å². The Balaban J connectivity index is 2.17. The zero-order valence-electron chi connectivity index (χ0n) is 12.3. The molecule has 3 nitrogen and oxygen atoms in total. The first kappa shape index (κ1) is 13.8. The molecule has 0 saturated heterocycles. The van der Waals surface area contributed by atoms with E-state index in [4.69, 9.17) is 16.3 Å². The average Bonchev–Trinajstić information content (AvgIpc) is 2.84. The van der Waals surface area contributed by atoms with Crippen LogP contribution in [-0.2, 0) is 7.05 Å². The van der Waals surface area contributed by atoms with Gasteiger partial charge in [-0.25, -0.2) is 0 Å². The highest BCUT2D eigenvalue weighted by Crippen LogP contribution is 2.38. The number of hydrogen-bond acceptors (Lipinski definition) is 2. The number of ether oxygens (including phenoxy) is 1. The molecule has 108 valence electrons. The number of benzene rings is 2. The van der Waals surface area contributed by atoms with Crippen LogP contribution in [0.25, 0.3) is 10.9 Å². The lowest BCUT2D eigenvalue weighted by Gasteiger charge is -2.21. The van der Waals surface area contributed by atoms with Crippen molar-refractivity contribution in [2.75, 3.05) is 19.1 Å². The van der Waals surface area contributed by atoms with Gasteiger partial charge in [-0.1, -0.05) is 29.8 Å². The van der Waals surface area contributed by atoms with Crippen LogP contribution in [0.15, 0.2) is 48.7 Å². The van der Waals surface area contributed by atoms with Gasteiger partial charge in [0.15, 0.2) is 0 Å². The molecular weight excluding hydrogens is 284 g/mol. The number of aromatic nitrogens is 1. The van der Waals surface area contributed by atoms with Crippen molar-refractivity contribution in [1.29, 1.82) is 0 Å². The molecule has 21 heavy (non-hydrogen) atoms. The summed E-state index contributed by atoms with van der Waals surface area (Å²) < 4.78 is 7.58. The summed E-state index contributed by atoms with van der Waals surface area (Å²) in [5.74, 6) is 0.801. The molecule has 4 heteroatoms. The smallest absolute Gasteiger partial charge is 0.142 e. The predicted molar refractivity (Wildman–Crippen MR) is 89.0 cm³/mol. The van der Waals surface area contributed by atoms with Crippen LogP contribution < -0.4 is 9.64 Å². The number of nitrogens with zero attached hydrogens (tertiary/aromatic N) is 2. The van der Waals surface area contributed by atoms with E-state index in [1.165, 1.54) is 10.9 Å². The highest BCUT2D eigenvalue weighted by atomic mass is 35.5. The highest BCUT2D eigenvalue weighted by Gasteiger charge is 2.15. The number of rotatable bonds is 3. The fourth-order valence-electron chi connectivity index (χ4n) is 2.64. The first-order valence-corrected chi connectivity index (χ1v) is 7.11. The van der Waals surface area contributed by atoms with Crippen molar-refractivity contribution in [2.24, 2.45) is 7.05 Å². The van der Waals surface area contributed by atoms with Crippen LogP contribution in [0, 0.1) is 0 Å².